The van der Waals surface area contributed by atoms with Gasteiger partial charge in [-0.3, -0.25) is 4.90 Å². The molecule has 1 aliphatic heterocycles. The first-order valence-electron chi connectivity index (χ1n) is 7.36. The first kappa shape index (κ1) is 15.4. The summed E-state index contributed by atoms with van der Waals surface area (Å²) >= 11 is 0. The lowest BCUT2D eigenvalue weighted by Crippen LogP contribution is -2.49. The summed E-state index contributed by atoms with van der Waals surface area (Å²) < 4.78 is 26.6. The van der Waals surface area contributed by atoms with E-state index in [4.69, 9.17) is 0 Å². The Hall–Kier alpha value is -1.00. The average Bonchev–Trinajstić information content (AvgIpc) is 2.49. The molecule has 1 fully saturated rings. The van der Waals surface area contributed by atoms with Crippen molar-refractivity contribution in [1.29, 1.82) is 0 Å². The fourth-order valence-electron chi connectivity index (χ4n) is 2.81. The van der Waals surface area contributed by atoms with Crippen LogP contribution in [0.25, 0.3) is 0 Å². The van der Waals surface area contributed by atoms with Gasteiger partial charge in [0.2, 0.25) is 0 Å². The molecule has 1 aromatic carbocycles. The summed E-state index contributed by atoms with van der Waals surface area (Å²) in [5, 5.41) is 3.59. The Balaban J connectivity index is 2.16. The summed E-state index contributed by atoms with van der Waals surface area (Å²) in [5.74, 6) is -1.00. The Morgan fingerprint density at radius 2 is 1.95 bits per heavy atom. The van der Waals surface area contributed by atoms with Crippen LogP contribution in [0.4, 0.5) is 8.78 Å². The highest BCUT2D eigenvalue weighted by atomic mass is 19.1. The third-order valence-corrected chi connectivity index (χ3v) is 4.38. The minimum Gasteiger partial charge on any atom is -0.310 e. The summed E-state index contributed by atoms with van der Waals surface area (Å²) in [4.78, 5) is 2.32. The van der Waals surface area contributed by atoms with E-state index in [9.17, 15) is 8.78 Å². The first-order chi connectivity index (χ1) is 9.42. The van der Waals surface area contributed by atoms with Gasteiger partial charge in [0.1, 0.15) is 11.6 Å². The number of benzene rings is 1. The van der Waals surface area contributed by atoms with Crippen molar-refractivity contribution < 1.29 is 8.78 Å². The van der Waals surface area contributed by atoms with Crippen LogP contribution < -0.4 is 5.32 Å². The molecular weight excluding hydrogens is 258 g/mol. The van der Waals surface area contributed by atoms with Crippen molar-refractivity contribution in [3.8, 4) is 0 Å². The predicted molar refractivity (Wildman–Crippen MR) is 77.5 cm³/mol. The number of halogens is 2. The van der Waals surface area contributed by atoms with Gasteiger partial charge in [0.05, 0.1) is 0 Å². The molecule has 1 saturated heterocycles. The average molecular weight is 282 g/mol. The molecule has 1 aliphatic rings. The van der Waals surface area contributed by atoms with E-state index in [1.54, 1.807) is 0 Å². The molecule has 1 heterocycles. The quantitative estimate of drug-likeness (QED) is 0.915. The van der Waals surface area contributed by atoms with Crippen molar-refractivity contribution in [3.05, 3.63) is 35.4 Å². The number of nitrogens with one attached hydrogen (secondary N) is 1. The molecule has 2 nitrogen and oxygen atoms in total. The molecule has 0 saturated carbocycles. The van der Waals surface area contributed by atoms with Gasteiger partial charge in [-0.2, -0.15) is 0 Å². The second-order valence-corrected chi connectivity index (χ2v) is 6.16. The normalized spacial score (nSPS) is 28.4. The van der Waals surface area contributed by atoms with E-state index < -0.39 is 11.6 Å². The summed E-state index contributed by atoms with van der Waals surface area (Å²) in [6.45, 7) is 9.03. The molecule has 0 aromatic heterocycles. The zero-order valence-electron chi connectivity index (χ0n) is 12.5. The molecule has 0 bridgehead atoms. The summed E-state index contributed by atoms with van der Waals surface area (Å²) in [6.07, 6.45) is 2.08. The topological polar surface area (TPSA) is 15.3 Å². The number of rotatable bonds is 3. The van der Waals surface area contributed by atoms with Crippen LogP contribution in [0.3, 0.4) is 0 Å². The van der Waals surface area contributed by atoms with Gasteiger partial charge in [-0.1, -0.05) is 6.92 Å². The molecule has 1 aromatic rings. The molecule has 112 valence electrons. The standard InChI is InChI=1S/C16H24F2N2/c1-4-16(3)11-20(12(2)5-6-19-16)10-13-7-14(17)9-15(18)8-13/h7-9,12,19H,4-6,10-11H2,1-3H3. The fraction of sp³-hybridized carbons (Fsp3) is 0.625. The van der Waals surface area contributed by atoms with Crippen molar-refractivity contribution >= 4 is 0 Å². The van der Waals surface area contributed by atoms with Crippen LogP contribution in [0.2, 0.25) is 0 Å². The lowest BCUT2D eigenvalue weighted by atomic mass is 9.98. The molecule has 2 atom stereocenters. The monoisotopic (exact) mass is 282 g/mol. The van der Waals surface area contributed by atoms with E-state index in [0.717, 1.165) is 32.0 Å². The Labute approximate surface area is 120 Å². The zero-order chi connectivity index (χ0) is 14.8. The summed E-state index contributed by atoms with van der Waals surface area (Å²) in [6, 6.07) is 4.18. The Morgan fingerprint density at radius 1 is 1.30 bits per heavy atom. The van der Waals surface area contributed by atoms with Crippen molar-refractivity contribution in [3.63, 3.8) is 0 Å². The van der Waals surface area contributed by atoms with Crippen LogP contribution in [0.15, 0.2) is 18.2 Å². The van der Waals surface area contributed by atoms with E-state index in [1.165, 1.54) is 12.1 Å². The molecular formula is C16H24F2N2. The second kappa shape index (κ2) is 6.19. The van der Waals surface area contributed by atoms with Gasteiger partial charge in [0.15, 0.2) is 0 Å². The summed E-state index contributed by atoms with van der Waals surface area (Å²) in [5.41, 5.74) is 0.770. The van der Waals surface area contributed by atoms with Crippen molar-refractivity contribution in [2.45, 2.75) is 51.7 Å². The van der Waals surface area contributed by atoms with Gasteiger partial charge < -0.3 is 5.32 Å². The van der Waals surface area contributed by atoms with E-state index in [-0.39, 0.29) is 5.54 Å². The van der Waals surface area contributed by atoms with Crippen LogP contribution in [0.1, 0.15) is 39.2 Å². The van der Waals surface area contributed by atoms with Crippen LogP contribution in [-0.4, -0.2) is 29.6 Å². The lowest BCUT2D eigenvalue weighted by Gasteiger charge is -2.35. The van der Waals surface area contributed by atoms with E-state index in [1.807, 2.05) is 0 Å². The second-order valence-electron chi connectivity index (χ2n) is 6.16. The predicted octanol–water partition coefficient (Wildman–Crippen LogP) is 3.32. The van der Waals surface area contributed by atoms with E-state index in [0.29, 0.717) is 18.2 Å². The van der Waals surface area contributed by atoms with Gasteiger partial charge in [-0.05, 0) is 50.9 Å². The van der Waals surface area contributed by atoms with Gasteiger partial charge in [-0.25, -0.2) is 8.78 Å². The number of hydrogen-bond donors (Lipinski definition) is 1. The highest BCUT2D eigenvalue weighted by molar-refractivity contribution is 5.18. The maximum Gasteiger partial charge on any atom is 0.126 e. The molecule has 0 aliphatic carbocycles. The Morgan fingerprint density at radius 3 is 2.55 bits per heavy atom. The molecule has 4 heteroatoms. The van der Waals surface area contributed by atoms with Crippen LogP contribution in [-0.2, 0) is 6.54 Å². The van der Waals surface area contributed by atoms with Gasteiger partial charge in [0, 0.05) is 30.7 Å². The molecule has 0 radical (unpaired) electrons. The smallest absolute Gasteiger partial charge is 0.126 e. The highest BCUT2D eigenvalue weighted by Crippen LogP contribution is 2.21. The number of nitrogens with zero attached hydrogens (tertiary/aromatic N) is 1. The maximum atomic E-state index is 13.3. The molecule has 2 rings (SSSR count). The van der Waals surface area contributed by atoms with Crippen molar-refractivity contribution in [1.82, 2.24) is 10.2 Å². The Bertz CT molecular complexity index is 444. The van der Waals surface area contributed by atoms with Crippen LogP contribution in [0.5, 0.6) is 0 Å². The van der Waals surface area contributed by atoms with Gasteiger partial charge >= 0.3 is 0 Å². The lowest BCUT2D eigenvalue weighted by molar-refractivity contribution is 0.163. The maximum absolute atomic E-state index is 13.3. The van der Waals surface area contributed by atoms with E-state index >= 15 is 0 Å². The van der Waals surface area contributed by atoms with Crippen molar-refractivity contribution in [2.24, 2.45) is 0 Å². The minimum absolute atomic E-state index is 0.0661. The zero-order valence-corrected chi connectivity index (χ0v) is 12.5. The third kappa shape index (κ3) is 3.76. The van der Waals surface area contributed by atoms with Crippen molar-refractivity contribution in [2.75, 3.05) is 13.1 Å². The highest BCUT2D eigenvalue weighted by Gasteiger charge is 2.30. The Kier molecular flexibility index (Phi) is 4.76. The van der Waals surface area contributed by atoms with E-state index in [2.05, 4.69) is 31.0 Å². The molecule has 2 unspecified atom stereocenters. The van der Waals surface area contributed by atoms with Gasteiger partial charge in [0.25, 0.3) is 0 Å². The molecule has 0 amide bonds. The molecule has 0 spiro atoms. The minimum atomic E-state index is -0.501. The number of hydrogen-bond acceptors (Lipinski definition) is 2. The van der Waals surface area contributed by atoms with Crippen LogP contribution >= 0.6 is 0 Å². The fourth-order valence-corrected chi connectivity index (χ4v) is 2.81. The van der Waals surface area contributed by atoms with Crippen LogP contribution in [0, 0.1) is 11.6 Å². The molecule has 20 heavy (non-hydrogen) atoms. The van der Waals surface area contributed by atoms with Gasteiger partial charge in [-0.15, -0.1) is 0 Å². The largest absolute Gasteiger partial charge is 0.310 e. The first-order valence-corrected chi connectivity index (χ1v) is 7.36. The summed E-state index contributed by atoms with van der Waals surface area (Å²) in [7, 11) is 0. The SMILES string of the molecule is CCC1(C)CN(Cc2cc(F)cc(F)c2)C(C)CCN1. The molecule has 1 N–H and O–H groups in total. The third-order valence-electron chi connectivity index (χ3n) is 4.38.